The van der Waals surface area contributed by atoms with E-state index in [1.807, 2.05) is 36.7 Å². The van der Waals surface area contributed by atoms with E-state index in [4.69, 9.17) is 9.40 Å². The third kappa shape index (κ3) is 3.37. The van der Waals surface area contributed by atoms with Crippen LogP contribution in [0.2, 0.25) is 0 Å². The van der Waals surface area contributed by atoms with E-state index in [1.54, 1.807) is 6.26 Å². The van der Waals surface area contributed by atoms with Gasteiger partial charge in [-0.1, -0.05) is 30.3 Å². The van der Waals surface area contributed by atoms with Gasteiger partial charge in [-0.05, 0) is 43.7 Å². The molecule has 2 aromatic heterocycles. The molecule has 5 rings (SSSR count). The Morgan fingerprint density at radius 3 is 2.71 bits per heavy atom. The summed E-state index contributed by atoms with van der Waals surface area (Å²) in [5, 5.41) is 0. The van der Waals surface area contributed by atoms with Crippen molar-refractivity contribution in [3.8, 4) is 22.7 Å². The van der Waals surface area contributed by atoms with E-state index in [2.05, 4.69) is 21.6 Å². The number of amides is 1. The molecule has 0 bridgehead atoms. The molecule has 1 saturated heterocycles. The number of nitrogens with zero attached hydrogens (tertiary/aromatic N) is 3. The van der Waals surface area contributed by atoms with Gasteiger partial charge in [0.15, 0.2) is 5.76 Å². The average Bonchev–Trinajstić information content (AvgIpc) is 3.29. The molecule has 2 fully saturated rings. The molecule has 1 atom stereocenters. The number of hydrogen-bond donors (Lipinski definition) is 0. The molecule has 0 spiro atoms. The first-order valence-corrected chi connectivity index (χ1v) is 10.2. The van der Waals surface area contributed by atoms with Crippen LogP contribution in [0.15, 0.2) is 59.5 Å². The summed E-state index contributed by atoms with van der Waals surface area (Å²) < 4.78 is 7.95. The molecule has 3 aromatic rings. The van der Waals surface area contributed by atoms with E-state index in [1.165, 1.54) is 0 Å². The lowest BCUT2D eigenvalue weighted by atomic mass is 9.97. The van der Waals surface area contributed by atoms with Crippen LogP contribution in [0.3, 0.4) is 0 Å². The summed E-state index contributed by atoms with van der Waals surface area (Å²) in [7, 11) is 0. The van der Waals surface area contributed by atoms with Crippen molar-refractivity contribution in [2.75, 3.05) is 13.1 Å². The molecule has 0 radical (unpaired) electrons. The lowest BCUT2D eigenvalue weighted by Crippen LogP contribution is -2.41. The van der Waals surface area contributed by atoms with Crippen molar-refractivity contribution in [2.24, 2.45) is 11.8 Å². The van der Waals surface area contributed by atoms with Gasteiger partial charge in [-0.3, -0.25) is 4.79 Å². The molecule has 3 heterocycles. The van der Waals surface area contributed by atoms with Crippen LogP contribution in [-0.4, -0.2) is 33.4 Å². The Kier molecular flexibility index (Phi) is 4.51. The summed E-state index contributed by atoms with van der Waals surface area (Å²) in [5.41, 5.74) is 3.04. The topological polar surface area (TPSA) is 51.3 Å². The molecule has 1 aromatic carbocycles. The van der Waals surface area contributed by atoms with Crippen molar-refractivity contribution in [3.63, 3.8) is 0 Å². The van der Waals surface area contributed by atoms with Crippen molar-refractivity contribution >= 4 is 5.91 Å². The van der Waals surface area contributed by atoms with Crippen molar-refractivity contribution in [1.82, 2.24) is 14.5 Å². The maximum Gasteiger partial charge on any atom is 0.225 e. The second-order valence-electron chi connectivity index (χ2n) is 8.00. The summed E-state index contributed by atoms with van der Waals surface area (Å²) in [5.74, 6) is 1.95. The highest BCUT2D eigenvalue weighted by Crippen LogP contribution is 2.34. The highest BCUT2D eigenvalue weighted by atomic mass is 16.3. The zero-order valence-electron chi connectivity index (χ0n) is 16.0. The van der Waals surface area contributed by atoms with Gasteiger partial charge in [0.2, 0.25) is 5.91 Å². The predicted molar refractivity (Wildman–Crippen MR) is 107 cm³/mol. The number of piperidine rings is 1. The number of carbonyl (C=O) groups is 1. The van der Waals surface area contributed by atoms with Crippen LogP contribution >= 0.6 is 0 Å². The highest BCUT2D eigenvalue weighted by molar-refractivity contribution is 5.81. The van der Waals surface area contributed by atoms with Crippen LogP contribution in [0.5, 0.6) is 0 Å². The van der Waals surface area contributed by atoms with Crippen molar-refractivity contribution in [1.29, 1.82) is 0 Å². The Morgan fingerprint density at radius 2 is 1.96 bits per heavy atom. The van der Waals surface area contributed by atoms with Crippen LogP contribution < -0.4 is 0 Å². The minimum Gasteiger partial charge on any atom is -0.463 e. The first-order valence-electron chi connectivity index (χ1n) is 10.2. The molecule has 0 N–H and O–H groups in total. The van der Waals surface area contributed by atoms with Gasteiger partial charge in [-0.2, -0.15) is 0 Å². The Bertz CT molecular complexity index is 942. The molecule has 1 aliphatic heterocycles. The van der Waals surface area contributed by atoms with Crippen LogP contribution in [-0.2, 0) is 11.3 Å². The van der Waals surface area contributed by atoms with Crippen molar-refractivity contribution < 1.29 is 9.21 Å². The maximum absolute atomic E-state index is 12.5. The molecule has 1 saturated carbocycles. The van der Waals surface area contributed by atoms with Gasteiger partial charge in [-0.15, -0.1) is 0 Å². The van der Waals surface area contributed by atoms with Gasteiger partial charge in [-0.25, -0.2) is 4.98 Å². The van der Waals surface area contributed by atoms with Crippen LogP contribution in [0.4, 0.5) is 0 Å². The van der Waals surface area contributed by atoms with Crippen LogP contribution in [0.1, 0.15) is 25.7 Å². The van der Waals surface area contributed by atoms with E-state index in [0.29, 0.717) is 17.7 Å². The molecule has 144 valence electrons. The minimum absolute atomic E-state index is 0.301. The van der Waals surface area contributed by atoms with Gasteiger partial charge in [0.05, 0.1) is 18.3 Å². The zero-order valence-corrected chi connectivity index (χ0v) is 16.0. The highest BCUT2D eigenvalue weighted by Gasteiger charge is 2.35. The summed E-state index contributed by atoms with van der Waals surface area (Å²) in [6.07, 6.45) is 8.00. The number of carbonyl (C=O) groups excluding carboxylic acids is 1. The fourth-order valence-corrected chi connectivity index (χ4v) is 4.28. The van der Waals surface area contributed by atoms with E-state index < -0.39 is 0 Å². The first kappa shape index (κ1) is 17.3. The number of hydrogen-bond acceptors (Lipinski definition) is 3. The summed E-state index contributed by atoms with van der Waals surface area (Å²) >= 11 is 0. The summed E-state index contributed by atoms with van der Waals surface area (Å²) in [6, 6.07) is 14.1. The van der Waals surface area contributed by atoms with Crippen molar-refractivity contribution in [2.45, 2.75) is 32.2 Å². The zero-order chi connectivity index (χ0) is 18.9. The SMILES string of the molecule is O=C(C1CC1)N1CCCC(Cn2cnc(-c3ccccc3)c2-c2ccco2)C1. The fraction of sp³-hybridized carbons (Fsp3) is 0.391. The smallest absolute Gasteiger partial charge is 0.225 e. The molecule has 1 amide bonds. The minimum atomic E-state index is 0.301. The third-order valence-corrected chi connectivity index (χ3v) is 5.85. The van der Waals surface area contributed by atoms with E-state index >= 15 is 0 Å². The van der Waals surface area contributed by atoms with E-state index in [-0.39, 0.29) is 0 Å². The maximum atomic E-state index is 12.5. The molecule has 28 heavy (non-hydrogen) atoms. The van der Waals surface area contributed by atoms with Crippen LogP contribution in [0.25, 0.3) is 22.7 Å². The van der Waals surface area contributed by atoms with Gasteiger partial charge in [0.25, 0.3) is 0 Å². The Hall–Kier alpha value is -2.82. The number of imidazole rings is 1. The Morgan fingerprint density at radius 1 is 1.11 bits per heavy atom. The van der Waals surface area contributed by atoms with Gasteiger partial charge in [0, 0.05) is 31.1 Å². The molecular weight excluding hydrogens is 350 g/mol. The predicted octanol–water partition coefficient (Wildman–Crippen LogP) is 4.46. The third-order valence-electron chi connectivity index (χ3n) is 5.85. The van der Waals surface area contributed by atoms with E-state index in [0.717, 1.165) is 68.0 Å². The number of benzene rings is 1. The molecular formula is C23H25N3O2. The molecule has 5 heteroatoms. The van der Waals surface area contributed by atoms with Gasteiger partial charge < -0.3 is 13.9 Å². The first-order chi connectivity index (χ1) is 13.8. The average molecular weight is 375 g/mol. The summed E-state index contributed by atoms with van der Waals surface area (Å²) in [6.45, 7) is 2.62. The number of rotatable bonds is 5. The standard InChI is InChI=1S/C23H25N3O2/c27-23(19-10-11-19)25-12-4-6-17(14-25)15-26-16-24-21(18-7-2-1-3-8-18)22(26)20-9-5-13-28-20/h1-3,5,7-9,13,16-17,19H,4,6,10-12,14-15H2. The molecule has 1 unspecified atom stereocenters. The number of furan rings is 1. The van der Waals surface area contributed by atoms with Gasteiger partial charge in [0.1, 0.15) is 5.69 Å². The monoisotopic (exact) mass is 375 g/mol. The lowest BCUT2D eigenvalue weighted by molar-refractivity contribution is -0.134. The second-order valence-corrected chi connectivity index (χ2v) is 8.00. The Balaban J connectivity index is 1.42. The fourth-order valence-electron chi connectivity index (χ4n) is 4.28. The number of aromatic nitrogens is 2. The quantitative estimate of drug-likeness (QED) is 0.662. The van der Waals surface area contributed by atoms with Crippen molar-refractivity contribution in [3.05, 3.63) is 55.1 Å². The molecule has 1 aliphatic carbocycles. The van der Waals surface area contributed by atoms with E-state index in [9.17, 15) is 4.79 Å². The normalized spacial score (nSPS) is 19.7. The summed E-state index contributed by atoms with van der Waals surface area (Å²) in [4.78, 5) is 19.3. The van der Waals surface area contributed by atoms with Crippen LogP contribution in [0, 0.1) is 11.8 Å². The molecule has 2 aliphatic rings. The Labute approximate surface area is 165 Å². The lowest BCUT2D eigenvalue weighted by Gasteiger charge is -2.33. The second kappa shape index (κ2) is 7.30. The van der Waals surface area contributed by atoms with Gasteiger partial charge >= 0.3 is 0 Å². The number of likely N-dealkylation sites (tertiary alicyclic amines) is 1. The largest absolute Gasteiger partial charge is 0.463 e. The molecule has 5 nitrogen and oxygen atoms in total.